The molecule has 0 amide bonds. The molecule has 0 unspecified atom stereocenters. The van der Waals surface area contributed by atoms with Crippen molar-refractivity contribution >= 4 is 11.6 Å². The van der Waals surface area contributed by atoms with Crippen molar-refractivity contribution in [3.63, 3.8) is 0 Å². The number of nitrogens with zero attached hydrogens (tertiary/aromatic N) is 3. The summed E-state index contributed by atoms with van der Waals surface area (Å²) in [5, 5.41) is 3.08. The number of hydrogen-bond acceptors (Lipinski definition) is 2. The van der Waals surface area contributed by atoms with Gasteiger partial charge in [-0.2, -0.15) is 0 Å². The first-order chi connectivity index (χ1) is 12.3. The number of aliphatic imine (C=N–C) groups is 1. The van der Waals surface area contributed by atoms with Gasteiger partial charge in [0.15, 0.2) is 5.96 Å². The van der Waals surface area contributed by atoms with Crippen LogP contribution in [0.3, 0.4) is 0 Å². The summed E-state index contributed by atoms with van der Waals surface area (Å²) in [6.07, 6.45) is 5.93. The zero-order valence-corrected chi connectivity index (χ0v) is 14.2. The smallest absolute Gasteiger partial charge is 0.193 e. The molecule has 5 heteroatoms. The number of nitrogens with one attached hydrogen (secondary N) is 1. The third-order valence-electron chi connectivity index (χ3n) is 3.95. The maximum absolute atomic E-state index is 5.95. The summed E-state index contributed by atoms with van der Waals surface area (Å²) < 4.78 is 2.14. The Labute approximate surface area is 148 Å². The van der Waals surface area contributed by atoms with Gasteiger partial charge in [-0.15, -0.1) is 0 Å². The Hall–Kier alpha value is -3.08. The fourth-order valence-electron chi connectivity index (χ4n) is 2.66. The summed E-state index contributed by atoms with van der Waals surface area (Å²) >= 11 is 0. The Bertz CT molecular complexity index is 793. The fraction of sp³-hybridized carbons (Fsp3) is 0.200. The lowest BCUT2D eigenvalue weighted by molar-refractivity contribution is 0.611. The van der Waals surface area contributed by atoms with Gasteiger partial charge >= 0.3 is 0 Å². The van der Waals surface area contributed by atoms with Gasteiger partial charge in [0.2, 0.25) is 0 Å². The van der Waals surface area contributed by atoms with Crippen LogP contribution in [0.4, 0.5) is 5.69 Å². The number of nitrogens with two attached hydrogens (primary N) is 1. The number of guanidine groups is 1. The van der Waals surface area contributed by atoms with Gasteiger partial charge in [-0.05, 0) is 30.5 Å². The van der Waals surface area contributed by atoms with Crippen LogP contribution in [0, 0.1) is 0 Å². The second-order valence-electron chi connectivity index (χ2n) is 5.82. The van der Waals surface area contributed by atoms with Crippen LogP contribution in [-0.2, 0) is 19.5 Å². The standard InChI is InChI=1S/C20H23N5/c21-20(24-18-11-5-2-6-12-18)23-16-19-22-13-15-25(19)14-7-10-17-8-3-1-4-9-17/h1-6,8-9,11-13,15H,7,10,14,16H2,(H3,21,23,24). The van der Waals surface area contributed by atoms with Gasteiger partial charge in [0.05, 0.1) is 0 Å². The minimum Gasteiger partial charge on any atom is -0.370 e. The monoisotopic (exact) mass is 333 g/mol. The molecule has 0 atom stereocenters. The molecule has 0 spiro atoms. The number of rotatable bonds is 7. The quantitative estimate of drug-likeness (QED) is 0.514. The molecule has 3 N–H and O–H groups in total. The van der Waals surface area contributed by atoms with Crippen LogP contribution in [0.15, 0.2) is 78.0 Å². The largest absolute Gasteiger partial charge is 0.370 e. The van der Waals surface area contributed by atoms with E-state index in [0.717, 1.165) is 30.9 Å². The van der Waals surface area contributed by atoms with Crippen molar-refractivity contribution in [3.05, 3.63) is 84.4 Å². The van der Waals surface area contributed by atoms with Gasteiger partial charge in [-0.25, -0.2) is 9.98 Å². The molecule has 0 bridgehead atoms. The Morgan fingerprint density at radius 3 is 2.52 bits per heavy atom. The molecule has 0 saturated carbocycles. The maximum Gasteiger partial charge on any atom is 0.193 e. The first kappa shape index (κ1) is 16.8. The first-order valence-electron chi connectivity index (χ1n) is 8.47. The molecule has 0 radical (unpaired) electrons. The van der Waals surface area contributed by atoms with Gasteiger partial charge in [-0.1, -0.05) is 48.5 Å². The Balaban J connectivity index is 1.52. The van der Waals surface area contributed by atoms with Crippen LogP contribution < -0.4 is 11.1 Å². The molecule has 5 nitrogen and oxygen atoms in total. The van der Waals surface area contributed by atoms with Gasteiger partial charge < -0.3 is 15.6 Å². The normalized spacial score (nSPS) is 11.4. The van der Waals surface area contributed by atoms with Gasteiger partial charge in [-0.3, -0.25) is 0 Å². The summed E-state index contributed by atoms with van der Waals surface area (Å²) in [6.45, 7) is 1.38. The van der Waals surface area contributed by atoms with E-state index in [2.05, 4.69) is 44.1 Å². The van der Waals surface area contributed by atoms with Gasteiger partial charge in [0.1, 0.15) is 12.4 Å². The lowest BCUT2D eigenvalue weighted by Crippen LogP contribution is -2.22. The summed E-state index contributed by atoms with van der Waals surface area (Å²) in [4.78, 5) is 8.78. The third kappa shape index (κ3) is 5.21. The highest BCUT2D eigenvalue weighted by atomic mass is 15.1. The van der Waals surface area contributed by atoms with E-state index in [-0.39, 0.29) is 0 Å². The van der Waals surface area contributed by atoms with E-state index in [0.29, 0.717) is 12.5 Å². The molecule has 3 rings (SSSR count). The van der Waals surface area contributed by atoms with Crippen LogP contribution in [0.25, 0.3) is 0 Å². The molecule has 0 aliphatic rings. The van der Waals surface area contributed by atoms with Crippen LogP contribution in [0.5, 0.6) is 0 Å². The lowest BCUT2D eigenvalue weighted by atomic mass is 10.1. The molecule has 128 valence electrons. The molecule has 2 aromatic carbocycles. The molecular weight excluding hydrogens is 310 g/mol. The molecule has 1 heterocycles. The summed E-state index contributed by atoms with van der Waals surface area (Å²) in [5.41, 5.74) is 8.24. The van der Waals surface area contributed by atoms with E-state index in [4.69, 9.17) is 5.73 Å². The van der Waals surface area contributed by atoms with E-state index < -0.39 is 0 Å². The van der Waals surface area contributed by atoms with Crippen molar-refractivity contribution in [2.45, 2.75) is 25.9 Å². The average molecular weight is 333 g/mol. The van der Waals surface area contributed by atoms with Gasteiger partial charge in [0, 0.05) is 24.6 Å². The van der Waals surface area contributed by atoms with Gasteiger partial charge in [0.25, 0.3) is 0 Å². The third-order valence-corrected chi connectivity index (χ3v) is 3.95. The number of benzene rings is 2. The topological polar surface area (TPSA) is 68.2 Å². The zero-order valence-electron chi connectivity index (χ0n) is 14.2. The second kappa shape index (κ2) is 8.68. The fourth-order valence-corrected chi connectivity index (χ4v) is 2.66. The van der Waals surface area contributed by atoms with Crippen LogP contribution in [-0.4, -0.2) is 15.5 Å². The number of aryl methyl sites for hydroxylation is 2. The lowest BCUT2D eigenvalue weighted by Gasteiger charge is -2.08. The van der Waals surface area contributed by atoms with E-state index in [1.165, 1.54) is 5.56 Å². The predicted octanol–water partition coefficient (Wildman–Crippen LogP) is 3.44. The predicted molar refractivity (Wildman–Crippen MR) is 102 cm³/mol. The van der Waals surface area contributed by atoms with Crippen molar-refractivity contribution in [2.24, 2.45) is 10.7 Å². The molecule has 25 heavy (non-hydrogen) atoms. The van der Waals surface area contributed by atoms with Crippen LogP contribution >= 0.6 is 0 Å². The molecule has 0 aliphatic heterocycles. The SMILES string of the molecule is NC(=NCc1nccn1CCCc1ccccc1)Nc1ccccc1. The molecule has 0 fully saturated rings. The zero-order chi connectivity index (χ0) is 17.3. The molecule has 1 aromatic heterocycles. The number of hydrogen-bond donors (Lipinski definition) is 2. The summed E-state index contributed by atoms with van der Waals surface area (Å²) in [6, 6.07) is 20.3. The minimum absolute atomic E-state index is 0.394. The first-order valence-corrected chi connectivity index (χ1v) is 8.47. The molecule has 3 aromatic rings. The number of imidazole rings is 1. The van der Waals surface area contributed by atoms with Crippen molar-refractivity contribution < 1.29 is 0 Å². The van der Waals surface area contributed by atoms with Crippen LogP contribution in [0.1, 0.15) is 17.8 Å². The second-order valence-corrected chi connectivity index (χ2v) is 5.82. The van der Waals surface area contributed by atoms with Crippen LogP contribution in [0.2, 0.25) is 0 Å². The van der Waals surface area contributed by atoms with E-state index in [1.54, 1.807) is 0 Å². The Morgan fingerprint density at radius 1 is 1.04 bits per heavy atom. The van der Waals surface area contributed by atoms with E-state index >= 15 is 0 Å². The highest BCUT2D eigenvalue weighted by molar-refractivity contribution is 5.92. The number of anilines is 1. The highest BCUT2D eigenvalue weighted by Gasteiger charge is 2.03. The number of para-hydroxylation sites is 1. The van der Waals surface area contributed by atoms with Crippen molar-refractivity contribution in [1.82, 2.24) is 9.55 Å². The van der Waals surface area contributed by atoms with E-state index in [9.17, 15) is 0 Å². The van der Waals surface area contributed by atoms with Crippen molar-refractivity contribution in [3.8, 4) is 0 Å². The average Bonchev–Trinajstić information content (AvgIpc) is 3.09. The van der Waals surface area contributed by atoms with E-state index in [1.807, 2.05) is 48.8 Å². The molecule has 0 saturated heterocycles. The summed E-state index contributed by atoms with van der Waals surface area (Å²) in [7, 11) is 0. The Kier molecular flexibility index (Phi) is 5.82. The number of aromatic nitrogens is 2. The molecule has 0 aliphatic carbocycles. The molecular formula is C20H23N5. The Morgan fingerprint density at radius 2 is 1.76 bits per heavy atom. The van der Waals surface area contributed by atoms with Crippen molar-refractivity contribution in [2.75, 3.05) is 5.32 Å². The summed E-state index contributed by atoms with van der Waals surface area (Å²) in [5.74, 6) is 1.32. The maximum atomic E-state index is 5.95. The minimum atomic E-state index is 0.394. The highest BCUT2D eigenvalue weighted by Crippen LogP contribution is 2.07. The van der Waals surface area contributed by atoms with Crippen molar-refractivity contribution in [1.29, 1.82) is 0 Å².